The molecule has 1 atom stereocenters. The van der Waals surface area contributed by atoms with E-state index in [9.17, 15) is 0 Å². The Balaban J connectivity index is 3.13. The van der Waals surface area contributed by atoms with E-state index in [4.69, 9.17) is 10.5 Å². The molecular weight excluding hydrogens is 218 g/mol. The zero-order valence-corrected chi connectivity index (χ0v) is 11.4. The van der Waals surface area contributed by atoms with Crippen LogP contribution < -0.4 is 10.5 Å². The average Bonchev–Trinajstić information content (AvgIpc) is 2.28. The predicted octanol–water partition coefficient (Wildman–Crippen LogP) is 3.18. The van der Waals surface area contributed by atoms with E-state index in [1.54, 1.807) is 18.9 Å². The number of hydrogen-bond acceptors (Lipinski definition) is 3. The SMILES string of the molecule is COc1cc(C(C)CCN)c(SC)cc1C. The van der Waals surface area contributed by atoms with Gasteiger partial charge in [-0.2, -0.15) is 0 Å². The summed E-state index contributed by atoms with van der Waals surface area (Å²) in [5.41, 5.74) is 8.16. The molecule has 0 bridgehead atoms. The molecule has 0 aliphatic heterocycles. The van der Waals surface area contributed by atoms with E-state index < -0.39 is 0 Å². The van der Waals surface area contributed by atoms with Gasteiger partial charge < -0.3 is 10.5 Å². The highest BCUT2D eigenvalue weighted by Gasteiger charge is 2.12. The van der Waals surface area contributed by atoms with Crippen molar-refractivity contribution in [1.29, 1.82) is 0 Å². The molecule has 0 saturated carbocycles. The molecule has 2 N–H and O–H groups in total. The number of nitrogens with two attached hydrogens (primary N) is 1. The summed E-state index contributed by atoms with van der Waals surface area (Å²) in [6.07, 6.45) is 3.12. The van der Waals surface area contributed by atoms with Gasteiger partial charge in [-0.3, -0.25) is 0 Å². The van der Waals surface area contributed by atoms with Gasteiger partial charge in [0, 0.05) is 4.90 Å². The summed E-state index contributed by atoms with van der Waals surface area (Å²) in [4.78, 5) is 1.33. The quantitative estimate of drug-likeness (QED) is 0.802. The van der Waals surface area contributed by atoms with E-state index in [1.807, 2.05) is 0 Å². The number of ether oxygens (including phenoxy) is 1. The molecule has 1 rings (SSSR count). The van der Waals surface area contributed by atoms with Crippen LogP contribution in [0.5, 0.6) is 5.75 Å². The van der Waals surface area contributed by atoms with Crippen LogP contribution in [-0.4, -0.2) is 19.9 Å². The first-order chi connectivity index (χ1) is 7.63. The van der Waals surface area contributed by atoms with Crippen molar-refractivity contribution in [3.8, 4) is 5.75 Å². The van der Waals surface area contributed by atoms with Crippen LogP contribution in [0.4, 0.5) is 0 Å². The zero-order valence-electron chi connectivity index (χ0n) is 10.5. The number of benzene rings is 1. The summed E-state index contributed by atoms with van der Waals surface area (Å²) >= 11 is 1.79. The second kappa shape index (κ2) is 6.16. The van der Waals surface area contributed by atoms with Crippen molar-refractivity contribution in [2.45, 2.75) is 31.1 Å². The van der Waals surface area contributed by atoms with Crippen LogP contribution in [0, 0.1) is 6.92 Å². The minimum atomic E-state index is 0.488. The van der Waals surface area contributed by atoms with Gasteiger partial charge in [0.05, 0.1) is 7.11 Å². The molecule has 2 nitrogen and oxygen atoms in total. The molecule has 0 aliphatic rings. The fraction of sp³-hybridized carbons (Fsp3) is 0.538. The molecule has 16 heavy (non-hydrogen) atoms. The van der Waals surface area contributed by atoms with Crippen molar-refractivity contribution in [3.05, 3.63) is 23.3 Å². The molecule has 0 spiro atoms. The van der Waals surface area contributed by atoms with E-state index in [1.165, 1.54) is 16.0 Å². The second-order valence-corrected chi connectivity index (χ2v) is 4.89. The Morgan fingerprint density at radius 2 is 2.12 bits per heavy atom. The highest BCUT2D eigenvalue weighted by molar-refractivity contribution is 7.98. The Bertz CT molecular complexity index is 352. The topological polar surface area (TPSA) is 35.2 Å². The maximum absolute atomic E-state index is 5.62. The maximum atomic E-state index is 5.62. The predicted molar refractivity (Wildman–Crippen MR) is 71.6 cm³/mol. The van der Waals surface area contributed by atoms with Crippen molar-refractivity contribution < 1.29 is 4.74 Å². The van der Waals surface area contributed by atoms with Gasteiger partial charge in [-0.1, -0.05) is 6.92 Å². The van der Waals surface area contributed by atoms with Crippen LogP contribution in [0.25, 0.3) is 0 Å². The largest absolute Gasteiger partial charge is 0.496 e. The fourth-order valence-electron chi connectivity index (χ4n) is 1.86. The van der Waals surface area contributed by atoms with E-state index in [2.05, 4.69) is 32.2 Å². The Hall–Kier alpha value is -0.670. The van der Waals surface area contributed by atoms with Crippen molar-refractivity contribution in [2.24, 2.45) is 5.73 Å². The molecule has 0 amide bonds. The smallest absolute Gasteiger partial charge is 0.122 e. The highest BCUT2D eigenvalue weighted by Crippen LogP contribution is 2.34. The third kappa shape index (κ3) is 2.92. The fourth-order valence-corrected chi connectivity index (χ4v) is 2.66. The molecule has 0 fully saturated rings. The van der Waals surface area contributed by atoms with Crippen molar-refractivity contribution >= 4 is 11.8 Å². The van der Waals surface area contributed by atoms with Gasteiger partial charge in [0.1, 0.15) is 5.75 Å². The maximum Gasteiger partial charge on any atom is 0.122 e. The molecule has 0 saturated heterocycles. The van der Waals surface area contributed by atoms with Crippen LogP contribution in [0.15, 0.2) is 17.0 Å². The monoisotopic (exact) mass is 239 g/mol. The zero-order chi connectivity index (χ0) is 12.1. The average molecular weight is 239 g/mol. The lowest BCUT2D eigenvalue weighted by molar-refractivity contribution is 0.410. The molecule has 3 heteroatoms. The third-order valence-electron chi connectivity index (χ3n) is 2.88. The molecule has 1 aromatic rings. The molecule has 90 valence electrons. The summed E-state index contributed by atoms with van der Waals surface area (Å²) < 4.78 is 5.37. The Morgan fingerprint density at radius 3 is 2.62 bits per heavy atom. The molecule has 0 aromatic heterocycles. The molecular formula is C13H21NOS. The summed E-state index contributed by atoms with van der Waals surface area (Å²) in [6, 6.07) is 4.35. The van der Waals surface area contributed by atoms with Gasteiger partial charge in [0.2, 0.25) is 0 Å². The van der Waals surface area contributed by atoms with Crippen molar-refractivity contribution in [1.82, 2.24) is 0 Å². The number of thioether (sulfide) groups is 1. The second-order valence-electron chi connectivity index (χ2n) is 4.04. The standard InChI is InChI=1S/C13H21NOS/c1-9(5-6-14)11-8-12(15-3)10(2)7-13(11)16-4/h7-9H,5-6,14H2,1-4H3. The van der Waals surface area contributed by atoms with Crippen LogP contribution >= 0.6 is 11.8 Å². The number of hydrogen-bond donors (Lipinski definition) is 1. The van der Waals surface area contributed by atoms with Gasteiger partial charge >= 0.3 is 0 Å². The minimum absolute atomic E-state index is 0.488. The van der Waals surface area contributed by atoms with Crippen LogP contribution in [0.1, 0.15) is 30.4 Å². The molecule has 1 aromatic carbocycles. The van der Waals surface area contributed by atoms with Crippen LogP contribution in [0.2, 0.25) is 0 Å². The summed E-state index contributed by atoms with van der Waals surface area (Å²) in [6.45, 7) is 5.03. The molecule has 0 heterocycles. The molecule has 0 aliphatic carbocycles. The molecule has 0 radical (unpaired) electrons. The van der Waals surface area contributed by atoms with Gasteiger partial charge in [0.25, 0.3) is 0 Å². The van der Waals surface area contributed by atoms with Gasteiger partial charge in [-0.15, -0.1) is 11.8 Å². The minimum Gasteiger partial charge on any atom is -0.496 e. The number of rotatable bonds is 5. The summed E-state index contributed by atoms with van der Waals surface area (Å²) in [5.74, 6) is 1.46. The first kappa shape index (κ1) is 13.4. The lowest BCUT2D eigenvalue weighted by Gasteiger charge is -2.17. The summed E-state index contributed by atoms with van der Waals surface area (Å²) in [5, 5.41) is 0. The van der Waals surface area contributed by atoms with E-state index >= 15 is 0 Å². The van der Waals surface area contributed by atoms with E-state index in [0.29, 0.717) is 5.92 Å². The van der Waals surface area contributed by atoms with E-state index in [0.717, 1.165) is 18.7 Å². The molecule has 1 unspecified atom stereocenters. The summed E-state index contributed by atoms with van der Waals surface area (Å²) in [7, 11) is 1.72. The highest BCUT2D eigenvalue weighted by atomic mass is 32.2. The Kier molecular flexibility index (Phi) is 5.16. The number of methoxy groups -OCH3 is 1. The Labute approximate surface area is 103 Å². The normalized spacial score (nSPS) is 12.6. The first-order valence-corrected chi connectivity index (χ1v) is 6.79. The lowest BCUT2D eigenvalue weighted by atomic mass is 9.96. The van der Waals surface area contributed by atoms with Crippen LogP contribution in [-0.2, 0) is 0 Å². The van der Waals surface area contributed by atoms with Crippen molar-refractivity contribution in [2.75, 3.05) is 19.9 Å². The van der Waals surface area contributed by atoms with Gasteiger partial charge in [0.15, 0.2) is 0 Å². The third-order valence-corrected chi connectivity index (χ3v) is 3.67. The van der Waals surface area contributed by atoms with Crippen molar-refractivity contribution in [3.63, 3.8) is 0 Å². The van der Waals surface area contributed by atoms with Gasteiger partial charge in [-0.05, 0) is 55.3 Å². The first-order valence-electron chi connectivity index (χ1n) is 5.56. The van der Waals surface area contributed by atoms with Crippen LogP contribution in [0.3, 0.4) is 0 Å². The number of aryl methyl sites for hydroxylation is 1. The Morgan fingerprint density at radius 1 is 1.44 bits per heavy atom. The lowest BCUT2D eigenvalue weighted by Crippen LogP contribution is -2.06. The van der Waals surface area contributed by atoms with E-state index in [-0.39, 0.29) is 0 Å². The van der Waals surface area contributed by atoms with Gasteiger partial charge in [-0.25, -0.2) is 0 Å².